The fourth-order valence-corrected chi connectivity index (χ4v) is 2.48. The predicted octanol–water partition coefficient (Wildman–Crippen LogP) is 1.58. The number of halogens is 1. The summed E-state index contributed by atoms with van der Waals surface area (Å²) in [7, 11) is 0. The zero-order valence-electron chi connectivity index (χ0n) is 13.1. The summed E-state index contributed by atoms with van der Waals surface area (Å²) >= 11 is 5.89. The first kappa shape index (κ1) is 18.5. The highest BCUT2D eigenvalue weighted by molar-refractivity contribution is 6.22. The Morgan fingerprint density at radius 2 is 2.14 bits per heavy atom. The van der Waals surface area contributed by atoms with Gasteiger partial charge in [0.25, 0.3) is 0 Å². The second-order valence-electron chi connectivity index (χ2n) is 6.27. The maximum absolute atomic E-state index is 11.7. The zero-order valence-corrected chi connectivity index (χ0v) is 13.9. The van der Waals surface area contributed by atoms with E-state index in [1.807, 2.05) is 0 Å². The zero-order chi connectivity index (χ0) is 16.9. The van der Waals surface area contributed by atoms with Crippen molar-refractivity contribution in [1.82, 2.24) is 10.2 Å². The molecule has 8 heteroatoms. The SMILES string of the molecule is CC(C)(C)OC(=O)NCCC[C@@H](C(=O)O)N1CC(Cl)CC1=O. The molecule has 126 valence electrons. The lowest BCUT2D eigenvalue weighted by atomic mass is 10.1. The molecule has 1 saturated heterocycles. The van der Waals surface area contributed by atoms with Gasteiger partial charge in [0.15, 0.2) is 0 Å². The van der Waals surface area contributed by atoms with Crippen molar-refractivity contribution < 1.29 is 24.2 Å². The van der Waals surface area contributed by atoms with Gasteiger partial charge in [-0.2, -0.15) is 0 Å². The van der Waals surface area contributed by atoms with Crippen LogP contribution in [0.5, 0.6) is 0 Å². The largest absolute Gasteiger partial charge is 0.480 e. The third kappa shape index (κ3) is 6.09. The smallest absolute Gasteiger partial charge is 0.407 e. The van der Waals surface area contributed by atoms with E-state index in [1.165, 1.54) is 4.90 Å². The van der Waals surface area contributed by atoms with Crippen molar-refractivity contribution in [2.45, 2.75) is 57.1 Å². The minimum Gasteiger partial charge on any atom is -0.480 e. The topological polar surface area (TPSA) is 95.9 Å². The van der Waals surface area contributed by atoms with Gasteiger partial charge in [-0.1, -0.05) is 0 Å². The van der Waals surface area contributed by atoms with E-state index in [4.69, 9.17) is 16.3 Å². The molecule has 2 amide bonds. The van der Waals surface area contributed by atoms with Crippen molar-refractivity contribution in [3.05, 3.63) is 0 Å². The molecule has 1 aliphatic heterocycles. The van der Waals surface area contributed by atoms with Gasteiger partial charge in [-0.3, -0.25) is 4.79 Å². The van der Waals surface area contributed by atoms with Gasteiger partial charge >= 0.3 is 12.1 Å². The Morgan fingerprint density at radius 3 is 2.59 bits per heavy atom. The van der Waals surface area contributed by atoms with E-state index < -0.39 is 23.7 Å². The number of carboxylic acids is 1. The number of aliphatic carboxylic acids is 1. The summed E-state index contributed by atoms with van der Waals surface area (Å²) in [6.45, 7) is 5.81. The first-order chi connectivity index (χ1) is 10.1. The van der Waals surface area contributed by atoms with Crippen LogP contribution >= 0.6 is 11.6 Å². The van der Waals surface area contributed by atoms with Crippen LogP contribution in [0.25, 0.3) is 0 Å². The normalized spacial score (nSPS) is 19.9. The average molecular weight is 335 g/mol. The molecule has 0 aromatic heterocycles. The van der Waals surface area contributed by atoms with Crippen LogP contribution in [0.2, 0.25) is 0 Å². The van der Waals surface area contributed by atoms with Gasteiger partial charge in [0, 0.05) is 19.5 Å². The molecule has 7 nitrogen and oxygen atoms in total. The molecule has 22 heavy (non-hydrogen) atoms. The number of rotatable bonds is 6. The maximum Gasteiger partial charge on any atom is 0.407 e. The Hall–Kier alpha value is -1.50. The van der Waals surface area contributed by atoms with Gasteiger partial charge in [0.1, 0.15) is 11.6 Å². The number of alkyl carbamates (subject to hydrolysis) is 1. The molecule has 0 spiro atoms. The number of nitrogens with one attached hydrogen (secondary N) is 1. The summed E-state index contributed by atoms with van der Waals surface area (Å²) in [5.41, 5.74) is -0.578. The van der Waals surface area contributed by atoms with Gasteiger partial charge < -0.3 is 20.1 Å². The average Bonchev–Trinajstić information content (AvgIpc) is 2.65. The molecule has 0 bridgehead atoms. The Labute approximate surface area is 134 Å². The molecule has 1 unspecified atom stereocenters. The van der Waals surface area contributed by atoms with Crippen LogP contribution in [0, 0.1) is 0 Å². The number of carbonyl (C=O) groups excluding carboxylic acids is 2. The fourth-order valence-electron chi connectivity index (χ4n) is 2.20. The van der Waals surface area contributed by atoms with Gasteiger partial charge in [-0.25, -0.2) is 9.59 Å². The van der Waals surface area contributed by atoms with Crippen LogP contribution in [0.4, 0.5) is 4.79 Å². The second kappa shape index (κ2) is 7.67. The van der Waals surface area contributed by atoms with Gasteiger partial charge in [0.05, 0.1) is 5.38 Å². The number of hydrogen-bond donors (Lipinski definition) is 2. The Kier molecular flexibility index (Phi) is 6.47. The highest BCUT2D eigenvalue weighted by Gasteiger charge is 2.36. The molecule has 1 aliphatic rings. The molecule has 0 aromatic rings. The molecule has 1 rings (SSSR count). The molecular weight excluding hydrogens is 312 g/mol. The van der Waals surface area contributed by atoms with E-state index in [9.17, 15) is 19.5 Å². The number of nitrogens with zero attached hydrogens (tertiary/aromatic N) is 1. The molecule has 0 radical (unpaired) electrons. The number of ether oxygens (including phenoxy) is 1. The summed E-state index contributed by atoms with van der Waals surface area (Å²) < 4.78 is 5.07. The van der Waals surface area contributed by atoms with E-state index in [-0.39, 0.29) is 37.2 Å². The first-order valence-corrected chi connectivity index (χ1v) is 7.67. The highest BCUT2D eigenvalue weighted by atomic mass is 35.5. The van der Waals surface area contributed by atoms with Crippen LogP contribution in [-0.2, 0) is 14.3 Å². The predicted molar refractivity (Wildman–Crippen MR) is 80.9 cm³/mol. The van der Waals surface area contributed by atoms with Crippen LogP contribution in [0.1, 0.15) is 40.0 Å². The van der Waals surface area contributed by atoms with Crippen LogP contribution in [-0.4, -0.2) is 58.1 Å². The number of hydrogen-bond acceptors (Lipinski definition) is 4. The summed E-state index contributed by atoms with van der Waals surface area (Å²) in [5, 5.41) is 11.5. The molecule has 0 aliphatic carbocycles. The van der Waals surface area contributed by atoms with E-state index in [1.54, 1.807) is 20.8 Å². The molecular formula is C14H23ClN2O5. The van der Waals surface area contributed by atoms with Gasteiger partial charge in [-0.15, -0.1) is 11.6 Å². The van der Waals surface area contributed by atoms with E-state index in [0.717, 1.165) is 0 Å². The third-order valence-electron chi connectivity index (χ3n) is 3.10. The number of likely N-dealkylation sites (tertiary alicyclic amines) is 1. The molecule has 2 atom stereocenters. The standard InChI is InChI=1S/C14H23ClN2O5/c1-14(2,3)22-13(21)16-6-4-5-10(12(19)20)17-8-9(15)7-11(17)18/h9-10H,4-8H2,1-3H3,(H,16,21)(H,19,20)/t9?,10-/m0/s1. The molecule has 1 fully saturated rings. The monoisotopic (exact) mass is 334 g/mol. The molecule has 1 heterocycles. The minimum atomic E-state index is -1.06. The number of carbonyl (C=O) groups is 3. The fraction of sp³-hybridized carbons (Fsp3) is 0.786. The van der Waals surface area contributed by atoms with Crippen molar-refractivity contribution >= 4 is 29.6 Å². The number of carboxylic acid groups (broad SMARTS) is 1. The van der Waals surface area contributed by atoms with E-state index >= 15 is 0 Å². The van der Waals surface area contributed by atoms with Crippen LogP contribution in [0.3, 0.4) is 0 Å². The summed E-state index contributed by atoms with van der Waals surface area (Å²) in [4.78, 5) is 35.8. The number of alkyl halides is 1. The lowest BCUT2D eigenvalue weighted by molar-refractivity contribution is -0.148. The lowest BCUT2D eigenvalue weighted by Gasteiger charge is -2.24. The Balaban J connectivity index is 2.39. The summed E-state index contributed by atoms with van der Waals surface area (Å²) in [6, 6.07) is -0.906. The summed E-state index contributed by atoms with van der Waals surface area (Å²) in [6.07, 6.45) is 0.298. The number of amides is 2. The highest BCUT2D eigenvalue weighted by Crippen LogP contribution is 2.21. The molecule has 0 saturated carbocycles. The molecule has 0 aromatic carbocycles. The maximum atomic E-state index is 11.7. The third-order valence-corrected chi connectivity index (χ3v) is 3.39. The van der Waals surface area contributed by atoms with Gasteiger partial charge in [0.2, 0.25) is 5.91 Å². The van der Waals surface area contributed by atoms with Crippen molar-refractivity contribution in [3.8, 4) is 0 Å². The minimum absolute atomic E-state index is 0.168. The Morgan fingerprint density at radius 1 is 1.50 bits per heavy atom. The Bertz CT molecular complexity index is 435. The lowest BCUT2D eigenvalue weighted by Crippen LogP contribution is -2.43. The quantitative estimate of drug-likeness (QED) is 0.568. The van der Waals surface area contributed by atoms with Crippen molar-refractivity contribution in [1.29, 1.82) is 0 Å². The van der Waals surface area contributed by atoms with E-state index in [0.29, 0.717) is 6.42 Å². The van der Waals surface area contributed by atoms with E-state index in [2.05, 4.69) is 5.32 Å². The van der Waals surface area contributed by atoms with Gasteiger partial charge in [-0.05, 0) is 33.6 Å². The second-order valence-corrected chi connectivity index (χ2v) is 6.89. The van der Waals surface area contributed by atoms with Crippen molar-refractivity contribution in [2.75, 3.05) is 13.1 Å². The van der Waals surface area contributed by atoms with Crippen LogP contribution in [0.15, 0.2) is 0 Å². The van der Waals surface area contributed by atoms with Crippen molar-refractivity contribution in [2.24, 2.45) is 0 Å². The molecule has 2 N–H and O–H groups in total. The first-order valence-electron chi connectivity index (χ1n) is 7.23. The van der Waals surface area contributed by atoms with Crippen LogP contribution < -0.4 is 5.32 Å². The van der Waals surface area contributed by atoms with Crippen molar-refractivity contribution in [3.63, 3.8) is 0 Å². The summed E-state index contributed by atoms with van der Waals surface area (Å²) in [5.74, 6) is -1.30.